The van der Waals surface area contributed by atoms with Crippen molar-refractivity contribution in [2.24, 2.45) is 0 Å². The number of rotatable bonds is 1. The second-order valence-electron chi connectivity index (χ2n) is 5.21. The van der Waals surface area contributed by atoms with E-state index in [4.69, 9.17) is 0 Å². The van der Waals surface area contributed by atoms with Crippen LogP contribution in [0.15, 0.2) is 0 Å². The molecule has 0 saturated carbocycles. The van der Waals surface area contributed by atoms with E-state index in [0.29, 0.717) is 13.0 Å². The lowest BCUT2D eigenvalue weighted by molar-refractivity contribution is -0.133. The molecule has 4 nitrogen and oxygen atoms in total. The van der Waals surface area contributed by atoms with E-state index in [9.17, 15) is 9.59 Å². The predicted molar refractivity (Wildman–Crippen MR) is 58.5 cm³/mol. The average molecular weight is 212 g/mol. The second kappa shape index (κ2) is 3.83. The van der Waals surface area contributed by atoms with Crippen molar-refractivity contribution in [3.63, 3.8) is 0 Å². The molecule has 1 aliphatic rings. The van der Waals surface area contributed by atoms with Gasteiger partial charge >= 0.3 is 6.03 Å². The van der Waals surface area contributed by atoms with Crippen LogP contribution >= 0.6 is 0 Å². The predicted octanol–water partition coefficient (Wildman–Crippen LogP) is 1.85. The van der Waals surface area contributed by atoms with Crippen LogP contribution in [0.1, 0.15) is 41.0 Å². The molecule has 1 aliphatic heterocycles. The van der Waals surface area contributed by atoms with Gasteiger partial charge in [-0.2, -0.15) is 0 Å². The smallest absolute Gasteiger partial charge is 0.319 e. The zero-order chi connectivity index (χ0) is 11.8. The summed E-state index contributed by atoms with van der Waals surface area (Å²) in [5, 5.41) is 0. The van der Waals surface area contributed by atoms with Crippen molar-refractivity contribution < 1.29 is 9.59 Å². The molecule has 0 bridgehead atoms. The largest absolute Gasteiger partial charge is 0.327 e. The minimum atomic E-state index is -0.217. The van der Waals surface area contributed by atoms with Gasteiger partial charge in [-0.3, -0.25) is 9.69 Å². The number of nitrogens with zero attached hydrogens (tertiary/aromatic N) is 2. The Hall–Kier alpha value is -1.06. The van der Waals surface area contributed by atoms with Crippen LogP contribution in [0.3, 0.4) is 0 Å². The highest BCUT2D eigenvalue weighted by Crippen LogP contribution is 2.22. The summed E-state index contributed by atoms with van der Waals surface area (Å²) in [5.41, 5.74) is -0.217. The standard InChI is InChI=1S/C11H20N2O2/c1-8(2)13-9(14)6-7-12(10(13)15)11(3,4)5/h8H,6-7H2,1-5H3. The molecular weight excluding hydrogens is 192 g/mol. The fourth-order valence-corrected chi connectivity index (χ4v) is 1.79. The Balaban J connectivity index is 2.92. The molecule has 0 aliphatic carbocycles. The summed E-state index contributed by atoms with van der Waals surface area (Å²) in [5.74, 6) is -0.0597. The van der Waals surface area contributed by atoms with E-state index < -0.39 is 0 Å². The first-order valence-corrected chi connectivity index (χ1v) is 5.39. The van der Waals surface area contributed by atoms with Gasteiger partial charge in [0, 0.05) is 24.5 Å². The van der Waals surface area contributed by atoms with E-state index in [1.165, 1.54) is 4.90 Å². The van der Waals surface area contributed by atoms with E-state index >= 15 is 0 Å². The third-order valence-corrected chi connectivity index (χ3v) is 2.58. The summed E-state index contributed by atoms with van der Waals surface area (Å²) in [6.07, 6.45) is 0.432. The zero-order valence-corrected chi connectivity index (χ0v) is 10.2. The quantitative estimate of drug-likeness (QED) is 0.665. The number of hydrogen-bond acceptors (Lipinski definition) is 2. The van der Waals surface area contributed by atoms with E-state index in [-0.39, 0.29) is 23.5 Å². The van der Waals surface area contributed by atoms with Crippen LogP contribution in [-0.2, 0) is 4.79 Å². The maximum atomic E-state index is 12.1. The lowest BCUT2D eigenvalue weighted by Gasteiger charge is -2.43. The molecule has 1 saturated heterocycles. The number of carbonyl (C=O) groups excluding carboxylic acids is 2. The van der Waals surface area contributed by atoms with Crippen LogP contribution in [0.2, 0.25) is 0 Å². The van der Waals surface area contributed by atoms with E-state index in [1.807, 2.05) is 34.6 Å². The van der Waals surface area contributed by atoms with Crippen LogP contribution in [-0.4, -0.2) is 39.9 Å². The van der Waals surface area contributed by atoms with Crippen LogP contribution in [0, 0.1) is 0 Å². The van der Waals surface area contributed by atoms with Crippen LogP contribution in [0.25, 0.3) is 0 Å². The molecule has 0 atom stereocenters. The van der Waals surface area contributed by atoms with Crippen molar-refractivity contribution in [3.8, 4) is 0 Å². The summed E-state index contributed by atoms with van der Waals surface area (Å²) in [6.45, 7) is 10.2. The number of hydrogen-bond donors (Lipinski definition) is 0. The monoisotopic (exact) mass is 212 g/mol. The van der Waals surface area contributed by atoms with Crippen molar-refractivity contribution in [2.45, 2.75) is 52.6 Å². The molecule has 0 aromatic rings. The highest BCUT2D eigenvalue weighted by Gasteiger charge is 2.38. The first-order chi connectivity index (χ1) is 6.75. The Morgan fingerprint density at radius 3 is 2.13 bits per heavy atom. The minimum absolute atomic E-state index is 0.0597. The molecule has 0 aromatic carbocycles. The van der Waals surface area contributed by atoms with Crippen molar-refractivity contribution in [3.05, 3.63) is 0 Å². The molecule has 0 radical (unpaired) electrons. The molecule has 0 unspecified atom stereocenters. The Labute approximate surface area is 91.2 Å². The van der Waals surface area contributed by atoms with Crippen molar-refractivity contribution in [1.29, 1.82) is 0 Å². The van der Waals surface area contributed by atoms with Gasteiger partial charge in [0.2, 0.25) is 5.91 Å². The lowest BCUT2D eigenvalue weighted by Crippen LogP contribution is -2.59. The maximum absolute atomic E-state index is 12.1. The fraction of sp³-hybridized carbons (Fsp3) is 0.818. The van der Waals surface area contributed by atoms with Crippen molar-refractivity contribution in [2.75, 3.05) is 6.54 Å². The molecule has 0 N–H and O–H groups in total. The number of urea groups is 1. The molecule has 3 amide bonds. The molecular formula is C11H20N2O2. The molecule has 4 heteroatoms. The summed E-state index contributed by atoms with van der Waals surface area (Å²) in [6, 6.07) is -0.219. The number of amides is 3. The van der Waals surface area contributed by atoms with Crippen LogP contribution < -0.4 is 0 Å². The molecule has 86 valence electrons. The maximum Gasteiger partial charge on any atom is 0.327 e. The van der Waals surface area contributed by atoms with Gasteiger partial charge < -0.3 is 4.90 Å². The highest BCUT2D eigenvalue weighted by molar-refractivity contribution is 5.97. The van der Waals surface area contributed by atoms with Crippen LogP contribution in [0.5, 0.6) is 0 Å². The summed E-state index contributed by atoms with van der Waals surface area (Å²) < 4.78 is 0. The van der Waals surface area contributed by atoms with E-state index in [1.54, 1.807) is 4.90 Å². The third kappa shape index (κ3) is 2.30. The highest BCUT2D eigenvalue weighted by atomic mass is 16.2. The Kier molecular flexibility index (Phi) is 3.07. The lowest BCUT2D eigenvalue weighted by atomic mass is 10.0. The second-order valence-corrected chi connectivity index (χ2v) is 5.21. The summed E-state index contributed by atoms with van der Waals surface area (Å²) in [7, 11) is 0. The molecule has 0 aromatic heterocycles. The fourth-order valence-electron chi connectivity index (χ4n) is 1.79. The molecule has 0 spiro atoms. The Morgan fingerprint density at radius 1 is 1.20 bits per heavy atom. The molecule has 1 heterocycles. The van der Waals surface area contributed by atoms with E-state index in [0.717, 1.165) is 0 Å². The number of carbonyl (C=O) groups is 2. The van der Waals surface area contributed by atoms with Gasteiger partial charge in [-0.1, -0.05) is 0 Å². The zero-order valence-electron chi connectivity index (χ0n) is 10.2. The molecule has 15 heavy (non-hydrogen) atoms. The average Bonchev–Trinajstić information content (AvgIpc) is 2.00. The number of imide groups is 1. The van der Waals surface area contributed by atoms with Gasteiger partial charge in [0.1, 0.15) is 0 Å². The Bertz CT molecular complexity index is 279. The van der Waals surface area contributed by atoms with Gasteiger partial charge in [0.05, 0.1) is 0 Å². The summed E-state index contributed by atoms with van der Waals surface area (Å²) >= 11 is 0. The molecule has 1 rings (SSSR count). The summed E-state index contributed by atoms with van der Waals surface area (Å²) in [4.78, 5) is 26.8. The first kappa shape index (κ1) is 12.0. The molecule has 1 fully saturated rings. The SMILES string of the molecule is CC(C)N1C(=O)CCN(C(C)(C)C)C1=O. The third-order valence-electron chi connectivity index (χ3n) is 2.58. The Morgan fingerprint density at radius 2 is 1.73 bits per heavy atom. The van der Waals surface area contributed by atoms with E-state index in [2.05, 4.69) is 0 Å². The van der Waals surface area contributed by atoms with Gasteiger partial charge in [-0.15, -0.1) is 0 Å². The van der Waals surface area contributed by atoms with Gasteiger partial charge in [0.15, 0.2) is 0 Å². The first-order valence-electron chi connectivity index (χ1n) is 5.39. The van der Waals surface area contributed by atoms with Crippen molar-refractivity contribution in [1.82, 2.24) is 9.80 Å². The minimum Gasteiger partial charge on any atom is -0.319 e. The topological polar surface area (TPSA) is 40.6 Å². The normalized spacial score (nSPS) is 19.1. The van der Waals surface area contributed by atoms with Gasteiger partial charge in [-0.25, -0.2) is 4.79 Å². The van der Waals surface area contributed by atoms with Crippen molar-refractivity contribution >= 4 is 11.9 Å². The van der Waals surface area contributed by atoms with Gasteiger partial charge in [-0.05, 0) is 34.6 Å². The van der Waals surface area contributed by atoms with Gasteiger partial charge in [0.25, 0.3) is 0 Å². The van der Waals surface area contributed by atoms with Crippen LogP contribution in [0.4, 0.5) is 4.79 Å².